The molecule has 0 unspecified atom stereocenters. The van der Waals surface area contributed by atoms with Crippen LogP contribution in [0.2, 0.25) is 0 Å². The molecule has 4 nitrogen and oxygen atoms in total. The van der Waals surface area contributed by atoms with Crippen molar-refractivity contribution in [1.29, 1.82) is 0 Å². The van der Waals surface area contributed by atoms with Crippen molar-refractivity contribution >= 4 is 23.9 Å². The lowest BCUT2D eigenvalue weighted by molar-refractivity contribution is 0.564. The van der Waals surface area contributed by atoms with Gasteiger partial charge in [-0.25, -0.2) is 9.59 Å². The predicted octanol–water partition coefficient (Wildman–Crippen LogP) is 0.306. The van der Waals surface area contributed by atoms with Crippen molar-refractivity contribution in [2.75, 3.05) is 11.8 Å². The molecular weight excluding hydrogens is 140 g/mol. The van der Waals surface area contributed by atoms with E-state index in [1.54, 1.807) is 0 Å². The van der Waals surface area contributed by atoms with E-state index in [-0.39, 0.29) is 0 Å². The molecule has 0 aromatic carbocycles. The number of hydrogen-bond acceptors (Lipinski definition) is 5. The number of isocyanates is 2. The molecule has 0 N–H and O–H groups in total. The predicted molar refractivity (Wildman–Crippen MR) is 33.6 cm³/mol. The Morgan fingerprint density at radius 1 is 1.11 bits per heavy atom. The summed E-state index contributed by atoms with van der Waals surface area (Å²) < 4.78 is 0. The zero-order valence-corrected chi connectivity index (χ0v) is 5.35. The number of nitrogens with zero attached hydrogens (tertiary/aromatic N) is 2. The van der Waals surface area contributed by atoms with E-state index in [2.05, 4.69) is 9.98 Å². The number of carbonyl (C=O) groups excluding carboxylic acids is 2. The van der Waals surface area contributed by atoms with E-state index in [0.717, 1.165) is 0 Å². The average molecular weight is 144 g/mol. The van der Waals surface area contributed by atoms with Crippen molar-refractivity contribution in [2.45, 2.75) is 0 Å². The van der Waals surface area contributed by atoms with Crippen molar-refractivity contribution in [2.24, 2.45) is 9.98 Å². The van der Waals surface area contributed by atoms with E-state index in [9.17, 15) is 9.59 Å². The first kappa shape index (κ1) is 8.11. The van der Waals surface area contributed by atoms with Crippen molar-refractivity contribution in [1.82, 2.24) is 0 Å². The summed E-state index contributed by atoms with van der Waals surface area (Å²) in [6.45, 7) is 0. The van der Waals surface area contributed by atoms with E-state index in [1.165, 1.54) is 23.9 Å². The maximum atomic E-state index is 9.42. The van der Waals surface area contributed by atoms with Crippen molar-refractivity contribution in [3.63, 3.8) is 0 Å². The lowest BCUT2D eigenvalue weighted by atomic mass is 11.3. The van der Waals surface area contributed by atoms with Crippen molar-refractivity contribution in [3.05, 3.63) is 0 Å². The molecule has 0 spiro atoms. The lowest BCUT2D eigenvalue weighted by Crippen LogP contribution is -1.73. The van der Waals surface area contributed by atoms with E-state index in [1.807, 2.05) is 0 Å². The van der Waals surface area contributed by atoms with Crippen LogP contribution < -0.4 is 0 Å². The Bertz CT molecular complexity index is 140. The second-order valence-corrected chi connectivity index (χ2v) is 1.89. The zero-order chi connectivity index (χ0) is 6.95. The zero-order valence-electron chi connectivity index (χ0n) is 4.53. The third-order valence-corrected chi connectivity index (χ3v) is 1.06. The fourth-order valence-corrected chi connectivity index (χ4v) is 0.554. The normalized spacial score (nSPS) is 7.11. The first-order valence-electron chi connectivity index (χ1n) is 2.07. The quantitative estimate of drug-likeness (QED) is 0.324. The fraction of sp³-hybridized carbons (Fsp3) is 0.500. The molecule has 0 aliphatic rings. The molecular formula is C4H4N2O2S. The summed E-state index contributed by atoms with van der Waals surface area (Å²) in [4.78, 5) is 25.3. The van der Waals surface area contributed by atoms with Crippen LogP contribution in [0.3, 0.4) is 0 Å². The molecule has 0 aliphatic carbocycles. The molecule has 0 saturated carbocycles. The molecule has 9 heavy (non-hydrogen) atoms. The second-order valence-electron chi connectivity index (χ2n) is 0.961. The highest BCUT2D eigenvalue weighted by Crippen LogP contribution is 1.97. The van der Waals surface area contributed by atoms with Crippen LogP contribution in [0, 0.1) is 0 Å². The summed E-state index contributed by atoms with van der Waals surface area (Å²) >= 11 is 1.24. The molecule has 5 heteroatoms. The SMILES string of the molecule is O=C=NCSCN=C=O. The van der Waals surface area contributed by atoms with Crippen molar-refractivity contribution < 1.29 is 9.59 Å². The minimum absolute atomic E-state index is 0.300. The Morgan fingerprint density at radius 2 is 1.56 bits per heavy atom. The second kappa shape index (κ2) is 7.11. The van der Waals surface area contributed by atoms with Crippen molar-refractivity contribution in [3.8, 4) is 0 Å². The Labute approximate surface area is 56.1 Å². The summed E-state index contributed by atoms with van der Waals surface area (Å²) in [5.41, 5.74) is 0. The van der Waals surface area contributed by atoms with Gasteiger partial charge in [0.1, 0.15) is 0 Å². The van der Waals surface area contributed by atoms with Crippen LogP contribution in [0.5, 0.6) is 0 Å². The molecule has 0 heterocycles. The Hall–Kier alpha value is -0.890. The largest absolute Gasteiger partial charge is 0.235 e. The van der Waals surface area contributed by atoms with E-state index < -0.39 is 0 Å². The molecule has 0 aromatic heterocycles. The molecule has 0 aromatic rings. The van der Waals surface area contributed by atoms with Gasteiger partial charge in [-0.2, -0.15) is 9.98 Å². The van der Waals surface area contributed by atoms with Gasteiger partial charge in [0.15, 0.2) is 0 Å². The maximum absolute atomic E-state index is 9.42. The third-order valence-electron chi connectivity index (χ3n) is 0.441. The van der Waals surface area contributed by atoms with Gasteiger partial charge in [0.25, 0.3) is 0 Å². The minimum atomic E-state index is 0.300. The van der Waals surface area contributed by atoms with Crippen LogP contribution in [-0.4, -0.2) is 23.9 Å². The Morgan fingerprint density at radius 3 is 1.89 bits per heavy atom. The Kier molecular flexibility index (Phi) is 6.41. The highest BCUT2D eigenvalue weighted by molar-refractivity contribution is 7.99. The van der Waals surface area contributed by atoms with Gasteiger partial charge in [0.2, 0.25) is 12.2 Å². The van der Waals surface area contributed by atoms with Crippen LogP contribution >= 0.6 is 11.8 Å². The summed E-state index contributed by atoms with van der Waals surface area (Å²) in [5, 5.41) is 0. The standard InChI is InChI=1S/C4H4N2O2S/c7-1-5-3-9-4-6-2-8/h3-4H2. The molecule has 0 fully saturated rings. The number of thioether (sulfide) groups is 1. The van der Waals surface area contributed by atoms with Crippen LogP contribution in [0.15, 0.2) is 9.98 Å². The molecule has 0 atom stereocenters. The topological polar surface area (TPSA) is 58.9 Å². The summed E-state index contributed by atoms with van der Waals surface area (Å²) in [5.74, 6) is 0.601. The van der Waals surface area contributed by atoms with Gasteiger partial charge in [-0.05, 0) is 0 Å². The molecule has 0 amide bonds. The molecule has 48 valence electrons. The summed E-state index contributed by atoms with van der Waals surface area (Å²) in [6.07, 6.45) is 2.72. The number of aliphatic imine (C=N–C) groups is 2. The minimum Gasteiger partial charge on any atom is -0.211 e. The van der Waals surface area contributed by atoms with Crippen LogP contribution in [0.4, 0.5) is 0 Å². The van der Waals surface area contributed by atoms with Gasteiger partial charge in [-0.3, -0.25) is 0 Å². The average Bonchev–Trinajstić information content (AvgIpc) is 1.89. The van der Waals surface area contributed by atoms with Gasteiger partial charge in [-0.1, -0.05) is 0 Å². The molecule has 0 rings (SSSR count). The van der Waals surface area contributed by atoms with Crippen LogP contribution in [-0.2, 0) is 9.59 Å². The van der Waals surface area contributed by atoms with Crippen LogP contribution in [0.25, 0.3) is 0 Å². The van der Waals surface area contributed by atoms with Gasteiger partial charge in [0, 0.05) is 0 Å². The molecule has 0 radical (unpaired) electrons. The first-order chi connectivity index (χ1) is 4.41. The highest BCUT2D eigenvalue weighted by atomic mass is 32.2. The van der Waals surface area contributed by atoms with Gasteiger partial charge in [0.05, 0.1) is 11.8 Å². The lowest BCUT2D eigenvalue weighted by Gasteiger charge is -1.82. The van der Waals surface area contributed by atoms with E-state index >= 15 is 0 Å². The maximum Gasteiger partial charge on any atom is 0.235 e. The van der Waals surface area contributed by atoms with E-state index in [0.29, 0.717) is 11.8 Å². The van der Waals surface area contributed by atoms with Gasteiger partial charge in [-0.15, -0.1) is 11.8 Å². The Balaban J connectivity index is 3.09. The number of rotatable bonds is 4. The smallest absolute Gasteiger partial charge is 0.211 e. The van der Waals surface area contributed by atoms with Gasteiger partial charge < -0.3 is 0 Å². The summed E-state index contributed by atoms with van der Waals surface area (Å²) in [6, 6.07) is 0. The summed E-state index contributed by atoms with van der Waals surface area (Å²) in [7, 11) is 0. The molecule has 0 bridgehead atoms. The number of hydrogen-bond donors (Lipinski definition) is 0. The first-order valence-corrected chi connectivity index (χ1v) is 3.22. The molecule has 0 aliphatic heterocycles. The fourth-order valence-electron chi connectivity index (χ4n) is 0.185. The monoisotopic (exact) mass is 144 g/mol. The van der Waals surface area contributed by atoms with Crippen LogP contribution in [0.1, 0.15) is 0 Å². The van der Waals surface area contributed by atoms with E-state index in [4.69, 9.17) is 0 Å². The third kappa shape index (κ3) is 7.11. The highest BCUT2D eigenvalue weighted by Gasteiger charge is 1.79. The molecule has 0 saturated heterocycles. The van der Waals surface area contributed by atoms with Gasteiger partial charge >= 0.3 is 0 Å².